The zero-order valence-electron chi connectivity index (χ0n) is 15.5. The van der Waals surface area contributed by atoms with Gasteiger partial charge in [-0.05, 0) is 32.0 Å². The summed E-state index contributed by atoms with van der Waals surface area (Å²) >= 11 is 0. The molecule has 3 rings (SSSR count). The Kier molecular flexibility index (Phi) is 6.51. The highest BCUT2D eigenvalue weighted by molar-refractivity contribution is 7.90. The second-order valence-corrected chi connectivity index (χ2v) is 8.60. The molecule has 0 aliphatic carbocycles. The fraction of sp³-hybridized carbons (Fsp3) is 0.529. The van der Waals surface area contributed by atoms with E-state index in [0.717, 1.165) is 4.31 Å². The minimum Gasteiger partial charge on any atom is -0.383 e. The molecule has 10 heteroatoms. The van der Waals surface area contributed by atoms with E-state index >= 15 is 0 Å². The average molecular weight is 418 g/mol. The van der Waals surface area contributed by atoms with Gasteiger partial charge in [-0.1, -0.05) is 0 Å². The van der Waals surface area contributed by atoms with E-state index in [1.54, 1.807) is 4.90 Å². The van der Waals surface area contributed by atoms with E-state index in [1.165, 1.54) is 25.3 Å². The number of amides is 2. The van der Waals surface area contributed by atoms with Gasteiger partial charge in [0, 0.05) is 37.8 Å². The molecule has 150 valence electrons. The minimum absolute atomic E-state index is 0. The molecule has 2 aliphatic rings. The molecule has 1 N–H and O–H groups in total. The third-order valence-electron chi connectivity index (χ3n) is 4.60. The Balaban J connectivity index is 0.00000261. The lowest BCUT2D eigenvalue weighted by Gasteiger charge is -2.36. The fourth-order valence-corrected chi connectivity index (χ4v) is 5.06. The first-order valence-corrected chi connectivity index (χ1v) is 9.95. The van der Waals surface area contributed by atoms with Crippen LogP contribution in [0.25, 0.3) is 0 Å². The van der Waals surface area contributed by atoms with Crippen molar-refractivity contribution in [2.75, 3.05) is 33.4 Å². The van der Waals surface area contributed by atoms with E-state index in [0.29, 0.717) is 13.1 Å². The van der Waals surface area contributed by atoms with Crippen molar-refractivity contribution in [2.24, 2.45) is 0 Å². The maximum absolute atomic E-state index is 12.8. The summed E-state index contributed by atoms with van der Waals surface area (Å²) in [6, 6.07) is 4.57. The number of carbonyl (C=O) groups is 2. The van der Waals surface area contributed by atoms with Crippen molar-refractivity contribution in [2.45, 2.75) is 30.8 Å². The summed E-state index contributed by atoms with van der Waals surface area (Å²) in [5.41, 5.74) is 0.370. The van der Waals surface area contributed by atoms with Crippen LogP contribution in [0.15, 0.2) is 23.1 Å². The van der Waals surface area contributed by atoms with Crippen molar-refractivity contribution < 1.29 is 22.7 Å². The fourth-order valence-electron chi connectivity index (χ4n) is 3.48. The van der Waals surface area contributed by atoms with Crippen LogP contribution in [-0.4, -0.2) is 74.9 Å². The average Bonchev–Trinajstić information content (AvgIpc) is 2.77. The highest BCUT2D eigenvalue weighted by Gasteiger charge is 2.41. The van der Waals surface area contributed by atoms with Gasteiger partial charge in [0.05, 0.1) is 18.7 Å². The summed E-state index contributed by atoms with van der Waals surface area (Å²) in [6.45, 7) is 5.15. The van der Waals surface area contributed by atoms with Gasteiger partial charge in [-0.2, -0.15) is 0 Å². The van der Waals surface area contributed by atoms with Gasteiger partial charge >= 0.3 is 0 Å². The Morgan fingerprint density at radius 2 is 1.89 bits per heavy atom. The van der Waals surface area contributed by atoms with E-state index in [-0.39, 0.29) is 59.6 Å². The van der Waals surface area contributed by atoms with Crippen LogP contribution in [0.4, 0.5) is 0 Å². The van der Waals surface area contributed by atoms with Crippen molar-refractivity contribution in [3.05, 3.63) is 29.3 Å². The molecule has 1 fully saturated rings. The number of sulfonamides is 1. The number of ether oxygens (including phenoxy) is 1. The van der Waals surface area contributed by atoms with Crippen LogP contribution >= 0.6 is 12.4 Å². The molecular formula is C17H24ClN3O5S. The number of benzene rings is 1. The number of nitrogens with one attached hydrogen (secondary N) is 1. The van der Waals surface area contributed by atoms with E-state index in [2.05, 4.69) is 5.32 Å². The Morgan fingerprint density at radius 1 is 1.26 bits per heavy atom. The number of halogens is 1. The molecule has 2 unspecified atom stereocenters. The zero-order valence-corrected chi connectivity index (χ0v) is 17.1. The third-order valence-corrected chi connectivity index (χ3v) is 6.42. The van der Waals surface area contributed by atoms with Crippen molar-refractivity contribution in [1.82, 2.24) is 14.5 Å². The number of nitrogens with zero attached hydrogens (tertiary/aromatic N) is 2. The predicted octanol–water partition coefficient (Wildman–Crippen LogP) is 0.722. The molecular weight excluding hydrogens is 394 g/mol. The second-order valence-electron chi connectivity index (χ2n) is 6.76. The highest BCUT2D eigenvalue weighted by atomic mass is 35.5. The van der Waals surface area contributed by atoms with Crippen LogP contribution in [0.1, 0.15) is 34.6 Å². The molecule has 0 bridgehead atoms. The SMILES string of the molecule is COCCN1C(=O)c2ccc(C(=O)N3CC(C)NC(C)C3)cc2S1(=O)=O.Cl. The third kappa shape index (κ3) is 3.96. The molecule has 2 atom stereocenters. The number of methoxy groups -OCH3 is 1. The van der Waals surface area contributed by atoms with Crippen LogP contribution < -0.4 is 5.32 Å². The standard InChI is InChI=1S/C17H23N3O5S.ClH/c1-11-9-19(10-12(2)18-11)16(21)13-4-5-14-15(8-13)26(23,24)20(17(14)22)6-7-25-3;/h4-5,8,11-12,18H,6-7,9-10H2,1-3H3;1H. The Morgan fingerprint density at radius 3 is 2.48 bits per heavy atom. The predicted molar refractivity (Wildman–Crippen MR) is 102 cm³/mol. The molecule has 1 aromatic carbocycles. The number of carbonyl (C=O) groups excluding carboxylic acids is 2. The van der Waals surface area contributed by atoms with Crippen molar-refractivity contribution in [1.29, 1.82) is 0 Å². The summed E-state index contributed by atoms with van der Waals surface area (Å²) in [6.07, 6.45) is 0. The van der Waals surface area contributed by atoms with Crippen LogP contribution in [0.2, 0.25) is 0 Å². The smallest absolute Gasteiger partial charge is 0.269 e. The van der Waals surface area contributed by atoms with Gasteiger partial charge in [0.15, 0.2) is 0 Å². The van der Waals surface area contributed by atoms with Crippen molar-refractivity contribution in [3.63, 3.8) is 0 Å². The lowest BCUT2D eigenvalue weighted by Crippen LogP contribution is -2.55. The van der Waals surface area contributed by atoms with Gasteiger partial charge in [0.2, 0.25) is 0 Å². The number of hydrogen-bond acceptors (Lipinski definition) is 6. The van der Waals surface area contributed by atoms with E-state index in [9.17, 15) is 18.0 Å². The molecule has 2 amide bonds. The summed E-state index contributed by atoms with van der Waals surface area (Å²) < 4.78 is 31.0. The summed E-state index contributed by atoms with van der Waals surface area (Å²) in [5.74, 6) is -0.813. The first kappa shape index (κ1) is 21.6. The molecule has 2 aliphatic heterocycles. The molecule has 2 heterocycles. The Bertz CT molecular complexity index is 835. The van der Waals surface area contributed by atoms with E-state index in [1.807, 2.05) is 13.8 Å². The quantitative estimate of drug-likeness (QED) is 0.775. The van der Waals surface area contributed by atoms with Gasteiger partial charge in [0.1, 0.15) is 4.90 Å². The molecule has 0 aromatic heterocycles. The monoisotopic (exact) mass is 417 g/mol. The summed E-state index contributed by atoms with van der Waals surface area (Å²) in [7, 11) is -2.52. The van der Waals surface area contributed by atoms with Crippen molar-refractivity contribution >= 4 is 34.2 Å². The molecule has 0 radical (unpaired) electrons. The summed E-state index contributed by atoms with van der Waals surface area (Å²) in [4.78, 5) is 26.8. The maximum atomic E-state index is 12.8. The largest absolute Gasteiger partial charge is 0.383 e. The van der Waals surface area contributed by atoms with Crippen LogP contribution in [0.3, 0.4) is 0 Å². The van der Waals surface area contributed by atoms with E-state index < -0.39 is 15.9 Å². The van der Waals surface area contributed by atoms with Gasteiger partial charge in [-0.3, -0.25) is 9.59 Å². The second kappa shape index (κ2) is 8.14. The Labute approximate surface area is 165 Å². The van der Waals surface area contributed by atoms with Crippen LogP contribution in [-0.2, 0) is 14.8 Å². The van der Waals surface area contributed by atoms with Gasteiger partial charge < -0.3 is 15.0 Å². The maximum Gasteiger partial charge on any atom is 0.269 e. The normalized spacial score (nSPS) is 23.7. The van der Waals surface area contributed by atoms with Crippen LogP contribution in [0.5, 0.6) is 0 Å². The van der Waals surface area contributed by atoms with E-state index in [4.69, 9.17) is 4.74 Å². The summed E-state index contributed by atoms with van der Waals surface area (Å²) in [5, 5.41) is 3.35. The topological polar surface area (TPSA) is 96.0 Å². The molecule has 8 nitrogen and oxygen atoms in total. The first-order chi connectivity index (χ1) is 12.3. The number of fused-ring (bicyclic) bond motifs is 1. The number of piperazine rings is 1. The molecule has 0 saturated carbocycles. The minimum atomic E-state index is -3.96. The molecule has 27 heavy (non-hydrogen) atoms. The molecule has 0 spiro atoms. The van der Waals surface area contributed by atoms with Gasteiger partial charge in [-0.15, -0.1) is 12.4 Å². The highest BCUT2D eigenvalue weighted by Crippen LogP contribution is 2.31. The Hall–Kier alpha value is -1.68. The molecule has 1 aromatic rings. The number of hydrogen-bond donors (Lipinski definition) is 1. The lowest BCUT2D eigenvalue weighted by atomic mass is 10.1. The van der Waals surface area contributed by atoms with Gasteiger partial charge in [0.25, 0.3) is 21.8 Å². The van der Waals surface area contributed by atoms with Crippen molar-refractivity contribution in [3.8, 4) is 0 Å². The molecule has 1 saturated heterocycles. The number of rotatable bonds is 4. The van der Waals surface area contributed by atoms with Gasteiger partial charge in [-0.25, -0.2) is 12.7 Å². The van der Waals surface area contributed by atoms with Crippen LogP contribution in [0, 0.1) is 0 Å². The zero-order chi connectivity index (χ0) is 19.1. The first-order valence-electron chi connectivity index (χ1n) is 8.51. The lowest BCUT2D eigenvalue weighted by molar-refractivity contribution is 0.0673.